The summed E-state index contributed by atoms with van der Waals surface area (Å²) in [6, 6.07) is 24.7. The van der Waals surface area contributed by atoms with Gasteiger partial charge in [0.2, 0.25) is 0 Å². The Kier molecular flexibility index (Phi) is 12.2. The summed E-state index contributed by atoms with van der Waals surface area (Å²) in [5.74, 6) is -0.189. The molecular formula is C55H62Cl2F2Zr. The number of rotatable bonds is 5. The van der Waals surface area contributed by atoms with Crippen LogP contribution in [0, 0.1) is 33.8 Å². The molecule has 1 atom stereocenters. The Morgan fingerprint density at radius 3 is 1.33 bits per heavy atom. The fourth-order valence-electron chi connectivity index (χ4n) is 10.3. The molecule has 0 saturated heterocycles. The van der Waals surface area contributed by atoms with E-state index in [9.17, 15) is 8.78 Å². The van der Waals surface area contributed by atoms with Gasteiger partial charge in [-0.05, 0) is 0 Å². The summed E-state index contributed by atoms with van der Waals surface area (Å²) in [4.78, 5) is 0. The van der Waals surface area contributed by atoms with Crippen molar-refractivity contribution >= 4 is 14.4 Å². The third kappa shape index (κ3) is 7.85. The van der Waals surface area contributed by atoms with E-state index in [0.717, 1.165) is 17.5 Å². The van der Waals surface area contributed by atoms with E-state index in [1.54, 1.807) is 27.5 Å². The first-order valence-corrected chi connectivity index (χ1v) is 25.3. The van der Waals surface area contributed by atoms with Crippen LogP contribution in [0.2, 0.25) is 0 Å². The van der Waals surface area contributed by atoms with E-state index in [1.807, 2.05) is 24.3 Å². The molecular weight excluding hydrogens is 861 g/mol. The molecule has 4 aliphatic rings. The van der Waals surface area contributed by atoms with Gasteiger partial charge in [-0.2, -0.15) is 0 Å². The summed E-state index contributed by atoms with van der Waals surface area (Å²) in [5, 5.41) is 0. The standard InChI is InChI=1S/C31H37.C13H8F2.C11H17.2ClH.Zr/c1-28(2,3)26-16-30(7,8)24-12-18-11-19-13-25-23(15-21(19)20(18)14-22(24)26)27(29(4,5)6)17-31(25,9)10;14-12-5-1-10(2-6-12)9-11-3-7-13(15)8-4-11;1-5-9-6-7-10(8-9)11(2,3)4;;;/h11-17H,1-10H3;1-8H;7-9H,5H2,1-4H3;2*1H;/q;;;;;+2/p-2. The Morgan fingerprint density at radius 2 is 0.983 bits per heavy atom. The molecule has 0 bridgehead atoms. The maximum absolute atomic E-state index is 14.9. The number of hydrogen-bond acceptors (Lipinski definition) is 0. The van der Waals surface area contributed by atoms with Crippen molar-refractivity contribution in [1.29, 1.82) is 0 Å². The normalized spacial score (nSPS) is 18.4. The second-order valence-corrected chi connectivity index (χ2v) is 27.9. The minimum absolute atomic E-state index is 0. The van der Waals surface area contributed by atoms with Crippen LogP contribution in [0.15, 0.2) is 106 Å². The van der Waals surface area contributed by atoms with E-state index in [-0.39, 0.29) is 67.1 Å². The van der Waals surface area contributed by atoms with Crippen molar-refractivity contribution in [3.63, 3.8) is 0 Å². The second kappa shape index (κ2) is 15.7. The molecule has 4 aliphatic carbocycles. The van der Waals surface area contributed by atoms with Gasteiger partial charge in [0.05, 0.1) is 0 Å². The van der Waals surface area contributed by atoms with Gasteiger partial charge in [-0.25, -0.2) is 0 Å². The van der Waals surface area contributed by atoms with Crippen molar-refractivity contribution < 1.29 is 54.9 Å². The first-order chi connectivity index (χ1) is 26.9. The molecule has 0 amide bonds. The maximum atomic E-state index is 14.9. The number of allylic oxidation sites excluding steroid dienone is 8. The topological polar surface area (TPSA) is 0 Å². The van der Waals surface area contributed by atoms with Gasteiger partial charge in [0.25, 0.3) is 0 Å². The van der Waals surface area contributed by atoms with Gasteiger partial charge in [0, 0.05) is 0 Å². The van der Waals surface area contributed by atoms with Crippen LogP contribution in [-0.2, 0) is 32.1 Å². The Bertz CT molecular complexity index is 2390. The average Bonchev–Trinajstić information content (AvgIpc) is 3.85. The van der Waals surface area contributed by atoms with Crippen LogP contribution in [0.3, 0.4) is 0 Å². The van der Waals surface area contributed by atoms with Crippen LogP contribution >= 0.6 is 0 Å². The van der Waals surface area contributed by atoms with E-state index in [1.165, 1.54) is 64.4 Å². The molecule has 0 heterocycles. The molecule has 0 aliphatic heterocycles. The largest absolute Gasteiger partial charge is 1.00 e. The number of hydrogen-bond donors (Lipinski definition) is 0. The van der Waals surface area contributed by atoms with Crippen LogP contribution in [0.4, 0.5) is 8.78 Å². The molecule has 5 heteroatoms. The van der Waals surface area contributed by atoms with Crippen LogP contribution in [0.25, 0.3) is 22.3 Å². The average molecular weight is 923 g/mol. The van der Waals surface area contributed by atoms with E-state index in [0.29, 0.717) is 5.92 Å². The molecule has 4 aromatic rings. The van der Waals surface area contributed by atoms with Gasteiger partial charge in [-0.1, -0.05) is 0 Å². The molecule has 314 valence electrons. The minimum atomic E-state index is -3.33. The van der Waals surface area contributed by atoms with Gasteiger partial charge in [-0.3, -0.25) is 0 Å². The smallest absolute Gasteiger partial charge is 1.00 e. The van der Waals surface area contributed by atoms with Crippen LogP contribution in [-0.4, -0.2) is 3.21 Å². The van der Waals surface area contributed by atoms with E-state index < -0.39 is 21.3 Å². The van der Waals surface area contributed by atoms with Gasteiger partial charge in [-0.15, -0.1) is 0 Å². The fraction of sp³-hybridized carbons (Fsp3) is 0.400. The quantitative estimate of drug-likeness (QED) is 0.188. The first kappa shape index (κ1) is 46.5. The number of fused-ring (bicyclic) bond motifs is 5. The third-order valence-electron chi connectivity index (χ3n) is 13.4. The van der Waals surface area contributed by atoms with Gasteiger partial charge >= 0.3 is 358 Å². The van der Waals surface area contributed by atoms with E-state index >= 15 is 0 Å². The summed E-state index contributed by atoms with van der Waals surface area (Å²) < 4.78 is 32.7. The van der Waals surface area contributed by atoms with E-state index in [4.69, 9.17) is 0 Å². The zero-order chi connectivity index (χ0) is 42.1. The molecule has 0 spiro atoms. The summed E-state index contributed by atoms with van der Waals surface area (Å²) >= 11 is -3.33. The predicted octanol–water partition coefficient (Wildman–Crippen LogP) is 9.27. The molecule has 1 unspecified atom stereocenters. The summed E-state index contributed by atoms with van der Waals surface area (Å²) in [6.07, 6.45) is 11.2. The van der Waals surface area contributed by atoms with Crippen LogP contribution in [0.1, 0.15) is 151 Å². The summed E-state index contributed by atoms with van der Waals surface area (Å²) in [7, 11) is 0. The fourth-order valence-corrected chi connectivity index (χ4v) is 20.1. The Labute approximate surface area is 379 Å². The number of halogens is 4. The Morgan fingerprint density at radius 1 is 0.583 bits per heavy atom. The molecule has 0 fully saturated rings. The van der Waals surface area contributed by atoms with Crippen molar-refractivity contribution in [3.05, 3.63) is 162 Å². The molecule has 4 aromatic carbocycles. The van der Waals surface area contributed by atoms with Crippen molar-refractivity contribution in [2.24, 2.45) is 22.2 Å². The summed E-state index contributed by atoms with van der Waals surface area (Å²) in [5.41, 5.74) is 17.2. The minimum Gasteiger partial charge on any atom is -1.00 e. The molecule has 0 saturated carbocycles. The Balaban J connectivity index is 0.00000302. The molecule has 0 N–H and O–H groups in total. The predicted molar refractivity (Wildman–Crippen MR) is 240 cm³/mol. The first-order valence-electron chi connectivity index (χ1n) is 21.5. The molecule has 0 nitrogen and oxygen atoms in total. The monoisotopic (exact) mass is 920 g/mol. The SMILES string of the molecule is CCC1C=C(C(C)(C)C)C=[C]1[Zr+2](=[C](c1ccc(F)cc1)c1ccc(F)cc1)[CH]1c2cc3c(cc2-c2cc4c(cc21)C(C)(C)C=C4C(C)(C)C)C(C(C)(C)C)=CC3(C)C.[Cl-].[Cl-]. The van der Waals surface area contributed by atoms with Crippen molar-refractivity contribution in [1.82, 2.24) is 0 Å². The molecule has 8 rings (SSSR count). The summed E-state index contributed by atoms with van der Waals surface area (Å²) in [6.45, 7) is 32.9. The van der Waals surface area contributed by atoms with E-state index in [2.05, 4.69) is 146 Å². The van der Waals surface area contributed by atoms with Crippen molar-refractivity contribution in [2.45, 2.75) is 118 Å². The van der Waals surface area contributed by atoms with Gasteiger partial charge in [0.15, 0.2) is 0 Å². The van der Waals surface area contributed by atoms with Crippen molar-refractivity contribution in [3.8, 4) is 11.1 Å². The van der Waals surface area contributed by atoms with Crippen LogP contribution in [0.5, 0.6) is 0 Å². The van der Waals surface area contributed by atoms with Gasteiger partial charge in [0.1, 0.15) is 0 Å². The van der Waals surface area contributed by atoms with Gasteiger partial charge < -0.3 is 24.8 Å². The zero-order valence-electron chi connectivity index (χ0n) is 38.1. The molecule has 60 heavy (non-hydrogen) atoms. The van der Waals surface area contributed by atoms with Crippen LogP contribution < -0.4 is 24.8 Å². The van der Waals surface area contributed by atoms with Crippen molar-refractivity contribution in [2.75, 3.05) is 0 Å². The second-order valence-electron chi connectivity index (χ2n) is 21.8. The zero-order valence-corrected chi connectivity index (χ0v) is 42.1. The number of benzene rings is 4. The maximum Gasteiger partial charge on any atom is -1.00 e. The Hall–Kier alpha value is -2.97. The molecule has 0 radical (unpaired) electrons. The third-order valence-corrected chi connectivity index (χ3v) is 21.9. The molecule has 0 aromatic heterocycles.